The van der Waals surface area contributed by atoms with Gasteiger partial charge in [-0.1, -0.05) is 6.92 Å². The highest BCUT2D eigenvalue weighted by Crippen LogP contribution is 2.16. The van der Waals surface area contributed by atoms with E-state index in [0.717, 1.165) is 23.2 Å². The number of nitrogens with zero attached hydrogens (tertiary/aromatic N) is 2. The van der Waals surface area contributed by atoms with E-state index in [2.05, 4.69) is 15.7 Å². The van der Waals surface area contributed by atoms with Crippen molar-refractivity contribution in [1.82, 2.24) is 15.2 Å². The Hall–Kier alpha value is -1.88. The maximum atomic E-state index is 12.3. The Morgan fingerprint density at radius 1 is 1.48 bits per heavy atom. The molecule has 112 valence electrons. The van der Waals surface area contributed by atoms with Crippen molar-refractivity contribution in [3.05, 3.63) is 52.0 Å². The van der Waals surface area contributed by atoms with E-state index in [4.69, 9.17) is 0 Å². The lowest BCUT2D eigenvalue weighted by Crippen LogP contribution is -2.39. The molecule has 0 aliphatic rings. The van der Waals surface area contributed by atoms with Gasteiger partial charge in [0.05, 0.1) is 11.7 Å². The monoisotopic (exact) mass is 303 g/mol. The first kappa shape index (κ1) is 15.5. The van der Waals surface area contributed by atoms with Gasteiger partial charge in [-0.2, -0.15) is 11.3 Å². The van der Waals surface area contributed by atoms with Crippen molar-refractivity contribution in [3.8, 4) is 0 Å². The number of nitrogens with one attached hydrogen (secondary N) is 1. The summed E-state index contributed by atoms with van der Waals surface area (Å²) in [6.45, 7) is 4.70. The van der Waals surface area contributed by atoms with Gasteiger partial charge >= 0.3 is 6.03 Å². The van der Waals surface area contributed by atoms with Crippen LogP contribution in [0.5, 0.6) is 0 Å². The zero-order valence-electron chi connectivity index (χ0n) is 12.7. The van der Waals surface area contributed by atoms with Crippen LogP contribution in [0.15, 0.2) is 35.2 Å². The summed E-state index contributed by atoms with van der Waals surface area (Å²) in [6.07, 6.45) is 2.60. The van der Waals surface area contributed by atoms with E-state index >= 15 is 0 Å². The predicted molar refractivity (Wildman–Crippen MR) is 86.3 cm³/mol. The van der Waals surface area contributed by atoms with Crippen molar-refractivity contribution in [1.29, 1.82) is 0 Å². The Kier molecular flexibility index (Phi) is 5.33. The molecule has 2 aromatic rings. The van der Waals surface area contributed by atoms with E-state index in [0.29, 0.717) is 6.54 Å². The van der Waals surface area contributed by atoms with Crippen LogP contribution in [-0.2, 0) is 6.54 Å². The lowest BCUT2D eigenvalue weighted by Gasteiger charge is -2.22. The molecule has 2 aromatic heterocycles. The van der Waals surface area contributed by atoms with Crippen molar-refractivity contribution in [2.24, 2.45) is 0 Å². The number of urea groups is 1. The van der Waals surface area contributed by atoms with Crippen molar-refractivity contribution >= 4 is 17.4 Å². The average Bonchev–Trinajstić information content (AvgIpc) is 2.97. The second kappa shape index (κ2) is 7.22. The molecule has 0 aromatic carbocycles. The van der Waals surface area contributed by atoms with E-state index in [1.165, 1.54) is 0 Å². The second-order valence-electron chi connectivity index (χ2n) is 5.16. The third-order valence-electron chi connectivity index (χ3n) is 3.35. The van der Waals surface area contributed by atoms with Crippen LogP contribution in [0.1, 0.15) is 36.2 Å². The summed E-state index contributed by atoms with van der Waals surface area (Å²) in [6, 6.07) is 5.89. The van der Waals surface area contributed by atoms with Gasteiger partial charge in [0.2, 0.25) is 0 Å². The number of rotatable bonds is 5. The predicted octanol–water partition coefficient (Wildman–Crippen LogP) is 3.74. The van der Waals surface area contributed by atoms with Gasteiger partial charge in [0, 0.05) is 19.8 Å². The summed E-state index contributed by atoms with van der Waals surface area (Å²) in [5.74, 6) is 0. The smallest absolute Gasteiger partial charge is 0.317 e. The highest BCUT2D eigenvalue weighted by Gasteiger charge is 2.17. The maximum absolute atomic E-state index is 12.3. The summed E-state index contributed by atoms with van der Waals surface area (Å²) in [5, 5.41) is 7.13. The molecule has 1 atom stereocenters. The maximum Gasteiger partial charge on any atom is 0.317 e. The van der Waals surface area contributed by atoms with E-state index < -0.39 is 0 Å². The van der Waals surface area contributed by atoms with E-state index in [9.17, 15) is 4.79 Å². The Morgan fingerprint density at radius 2 is 2.29 bits per heavy atom. The molecular weight excluding hydrogens is 282 g/mol. The van der Waals surface area contributed by atoms with Gasteiger partial charge in [0.1, 0.15) is 0 Å². The second-order valence-corrected chi connectivity index (χ2v) is 5.94. The standard InChI is InChI=1S/C16H21N3OS/c1-4-14(15-9-12(2)5-7-17-15)18-16(20)19(3)10-13-6-8-21-11-13/h5-9,11,14H,4,10H2,1-3H3,(H,18,20). The fraction of sp³-hybridized carbons (Fsp3) is 0.375. The zero-order chi connectivity index (χ0) is 15.2. The van der Waals surface area contributed by atoms with Crippen LogP contribution in [0.4, 0.5) is 4.79 Å². The van der Waals surface area contributed by atoms with Gasteiger partial charge in [-0.15, -0.1) is 0 Å². The lowest BCUT2D eigenvalue weighted by atomic mass is 10.1. The summed E-state index contributed by atoms with van der Waals surface area (Å²) >= 11 is 1.64. The van der Waals surface area contributed by atoms with Crippen LogP contribution in [0, 0.1) is 6.92 Å². The lowest BCUT2D eigenvalue weighted by molar-refractivity contribution is 0.202. The zero-order valence-corrected chi connectivity index (χ0v) is 13.5. The molecule has 1 unspecified atom stereocenters. The summed E-state index contributed by atoms with van der Waals surface area (Å²) in [7, 11) is 1.81. The fourth-order valence-corrected chi connectivity index (χ4v) is 2.78. The van der Waals surface area contributed by atoms with Gasteiger partial charge in [-0.05, 0) is 53.4 Å². The van der Waals surface area contributed by atoms with Crippen molar-refractivity contribution < 1.29 is 4.79 Å². The summed E-state index contributed by atoms with van der Waals surface area (Å²) < 4.78 is 0. The normalized spacial score (nSPS) is 12.0. The van der Waals surface area contributed by atoms with Gasteiger partial charge in [-0.25, -0.2) is 4.79 Å². The number of aromatic nitrogens is 1. The molecule has 0 radical (unpaired) electrons. The first-order valence-electron chi connectivity index (χ1n) is 7.05. The first-order chi connectivity index (χ1) is 10.1. The molecular formula is C16H21N3OS. The highest BCUT2D eigenvalue weighted by atomic mass is 32.1. The quantitative estimate of drug-likeness (QED) is 0.914. The van der Waals surface area contributed by atoms with E-state index in [-0.39, 0.29) is 12.1 Å². The highest BCUT2D eigenvalue weighted by molar-refractivity contribution is 7.07. The van der Waals surface area contributed by atoms with Crippen LogP contribution in [0.2, 0.25) is 0 Å². The van der Waals surface area contributed by atoms with Crippen LogP contribution in [0.3, 0.4) is 0 Å². The van der Waals surface area contributed by atoms with Crippen molar-refractivity contribution in [3.63, 3.8) is 0 Å². The number of hydrogen-bond acceptors (Lipinski definition) is 3. The number of aryl methyl sites for hydroxylation is 1. The van der Waals surface area contributed by atoms with Gasteiger partial charge in [0.25, 0.3) is 0 Å². The van der Waals surface area contributed by atoms with Crippen molar-refractivity contribution in [2.75, 3.05) is 7.05 Å². The molecule has 0 saturated heterocycles. The van der Waals surface area contributed by atoms with Gasteiger partial charge < -0.3 is 10.2 Å². The van der Waals surface area contributed by atoms with Gasteiger partial charge in [-0.3, -0.25) is 4.98 Å². The number of thiophene rings is 1. The van der Waals surface area contributed by atoms with Crippen LogP contribution in [-0.4, -0.2) is 23.0 Å². The number of carbonyl (C=O) groups is 1. The number of pyridine rings is 1. The minimum Gasteiger partial charge on any atom is -0.330 e. The number of carbonyl (C=O) groups excluding carboxylic acids is 1. The first-order valence-corrected chi connectivity index (χ1v) is 7.99. The Balaban J connectivity index is 1.99. The molecule has 0 aliphatic carbocycles. The SMILES string of the molecule is CCC(NC(=O)N(C)Cc1ccsc1)c1cc(C)ccn1. The van der Waals surface area contributed by atoms with Gasteiger partial charge in [0.15, 0.2) is 0 Å². The molecule has 1 N–H and O–H groups in total. The molecule has 0 aliphatic heterocycles. The molecule has 0 bridgehead atoms. The molecule has 2 rings (SSSR count). The van der Waals surface area contributed by atoms with Crippen LogP contribution >= 0.6 is 11.3 Å². The molecule has 4 nitrogen and oxygen atoms in total. The fourth-order valence-electron chi connectivity index (χ4n) is 2.12. The minimum atomic E-state index is -0.0728. The largest absolute Gasteiger partial charge is 0.330 e. The van der Waals surface area contributed by atoms with Crippen LogP contribution in [0.25, 0.3) is 0 Å². The van der Waals surface area contributed by atoms with Crippen molar-refractivity contribution in [2.45, 2.75) is 32.9 Å². The third-order valence-corrected chi connectivity index (χ3v) is 4.08. The third kappa shape index (κ3) is 4.29. The topological polar surface area (TPSA) is 45.2 Å². The molecule has 0 fully saturated rings. The Bertz CT molecular complexity index is 583. The Labute approximate surface area is 129 Å². The number of hydrogen-bond donors (Lipinski definition) is 1. The molecule has 0 spiro atoms. The molecule has 5 heteroatoms. The Morgan fingerprint density at radius 3 is 2.90 bits per heavy atom. The molecule has 0 saturated carbocycles. The molecule has 21 heavy (non-hydrogen) atoms. The average molecular weight is 303 g/mol. The minimum absolute atomic E-state index is 0.0534. The molecule has 2 heterocycles. The summed E-state index contributed by atoms with van der Waals surface area (Å²) in [5.41, 5.74) is 3.22. The van der Waals surface area contributed by atoms with E-state index in [1.807, 2.05) is 44.5 Å². The molecule has 2 amide bonds. The van der Waals surface area contributed by atoms with Crippen LogP contribution < -0.4 is 5.32 Å². The number of amides is 2. The summed E-state index contributed by atoms with van der Waals surface area (Å²) in [4.78, 5) is 18.3. The van der Waals surface area contributed by atoms with E-state index in [1.54, 1.807) is 22.4 Å².